The molecule has 0 saturated heterocycles. The van der Waals surface area contributed by atoms with Gasteiger partial charge in [-0.1, -0.05) is 31.5 Å². The van der Waals surface area contributed by atoms with Gasteiger partial charge < -0.3 is 4.74 Å². The van der Waals surface area contributed by atoms with Crippen LogP contribution in [0.15, 0.2) is 36.5 Å². The molecule has 0 unspecified atom stereocenters. The summed E-state index contributed by atoms with van der Waals surface area (Å²) in [7, 11) is 0. The fraction of sp³-hybridized carbons (Fsp3) is 0.381. The van der Waals surface area contributed by atoms with Gasteiger partial charge in [-0.25, -0.2) is 19.2 Å². The molecule has 0 fully saturated rings. The topological polar surface area (TPSA) is 59.7 Å². The summed E-state index contributed by atoms with van der Waals surface area (Å²) in [5.41, 5.74) is -0.685. The van der Waals surface area contributed by atoms with Crippen LogP contribution >= 0.6 is 11.6 Å². The predicted octanol–water partition coefficient (Wildman–Crippen LogP) is 6.60. The molecule has 0 aliphatic carbocycles. The van der Waals surface area contributed by atoms with Crippen molar-refractivity contribution in [1.82, 2.24) is 14.6 Å². The van der Waals surface area contributed by atoms with E-state index in [4.69, 9.17) is 16.3 Å². The number of ether oxygens (including phenoxy) is 1. The van der Waals surface area contributed by atoms with Crippen LogP contribution in [0.3, 0.4) is 0 Å². The first-order chi connectivity index (χ1) is 14.3. The van der Waals surface area contributed by atoms with Gasteiger partial charge >= 0.3 is 12.3 Å². The van der Waals surface area contributed by atoms with Crippen molar-refractivity contribution in [3.63, 3.8) is 0 Å². The van der Waals surface area contributed by atoms with Gasteiger partial charge in [-0.2, -0.15) is 18.3 Å². The van der Waals surface area contributed by atoms with E-state index >= 15 is 0 Å². The first-order valence-electron chi connectivity index (χ1n) is 9.52. The summed E-state index contributed by atoms with van der Waals surface area (Å²) in [6.45, 7) is 8.86. The number of anilines is 2. The van der Waals surface area contributed by atoms with E-state index < -0.39 is 23.4 Å². The Hall–Kier alpha value is -2.81. The molecule has 0 radical (unpaired) electrons. The van der Waals surface area contributed by atoms with Gasteiger partial charge in [0, 0.05) is 6.07 Å². The molecule has 3 rings (SSSR count). The molecule has 3 aromatic rings. The molecule has 0 saturated carbocycles. The summed E-state index contributed by atoms with van der Waals surface area (Å²) >= 11 is 6.21. The lowest BCUT2D eigenvalue weighted by molar-refractivity contribution is -0.137. The van der Waals surface area contributed by atoms with E-state index in [0.29, 0.717) is 0 Å². The molecule has 2 aromatic heterocycles. The zero-order chi connectivity index (χ0) is 23.1. The summed E-state index contributed by atoms with van der Waals surface area (Å²) in [4.78, 5) is 18.5. The molecule has 1 amide bonds. The number of nitrogens with zero attached hydrogens (tertiary/aromatic N) is 4. The van der Waals surface area contributed by atoms with Gasteiger partial charge in [-0.3, -0.25) is 0 Å². The third-order valence-corrected chi connectivity index (χ3v) is 4.47. The standard InChI is InChI=1S/C21H22ClF3N4O2/c1-12(2)16-11-26-18-15(10-17(22)27-29(16)18)28(19(30)31-20(3,4)5)14-8-6-7-13(9-14)21(23,24)25/h6-12H,1-5H3. The molecule has 0 aliphatic rings. The Bertz CT molecular complexity index is 1120. The van der Waals surface area contributed by atoms with Crippen LogP contribution in [0, 0.1) is 0 Å². The number of benzene rings is 1. The third kappa shape index (κ3) is 4.92. The Morgan fingerprint density at radius 3 is 2.45 bits per heavy atom. The summed E-state index contributed by atoms with van der Waals surface area (Å²) in [6, 6.07) is 5.79. The van der Waals surface area contributed by atoms with E-state index in [1.54, 1.807) is 27.0 Å². The van der Waals surface area contributed by atoms with Crippen molar-refractivity contribution in [3.8, 4) is 0 Å². The van der Waals surface area contributed by atoms with Crippen LogP contribution in [0.5, 0.6) is 0 Å². The number of carbonyl (C=O) groups is 1. The maximum absolute atomic E-state index is 13.3. The molecule has 0 atom stereocenters. The van der Waals surface area contributed by atoms with E-state index in [1.165, 1.54) is 22.7 Å². The first-order valence-corrected chi connectivity index (χ1v) is 9.90. The van der Waals surface area contributed by atoms with Crippen molar-refractivity contribution >= 4 is 34.7 Å². The second-order valence-corrected chi connectivity index (χ2v) is 8.68. The van der Waals surface area contributed by atoms with Crippen LogP contribution < -0.4 is 4.90 Å². The van der Waals surface area contributed by atoms with Crippen LogP contribution in [0.4, 0.5) is 29.3 Å². The minimum atomic E-state index is -4.58. The molecule has 166 valence electrons. The number of carbonyl (C=O) groups excluding carboxylic acids is 1. The molecular formula is C21H22ClF3N4O2. The third-order valence-electron chi connectivity index (χ3n) is 4.28. The molecule has 0 aliphatic heterocycles. The van der Waals surface area contributed by atoms with Gasteiger partial charge in [0.1, 0.15) is 11.3 Å². The van der Waals surface area contributed by atoms with Crippen molar-refractivity contribution in [2.45, 2.75) is 52.3 Å². The van der Waals surface area contributed by atoms with Crippen LogP contribution in [0.1, 0.15) is 51.8 Å². The van der Waals surface area contributed by atoms with Gasteiger partial charge in [0.2, 0.25) is 0 Å². The average Bonchev–Trinajstić information content (AvgIpc) is 3.04. The van der Waals surface area contributed by atoms with Crippen molar-refractivity contribution in [1.29, 1.82) is 0 Å². The maximum Gasteiger partial charge on any atom is 0.419 e. The lowest BCUT2D eigenvalue weighted by Gasteiger charge is -2.28. The zero-order valence-corrected chi connectivity index (χ0v) is 18.4. The van der Waals surface area contributed by atoms with E-state index in [1.807, 2.05) is 13.8 Å². The average molecular weight is 455 g/mol. The number of hydrogen-bond donors (Lipinski definition) is 0. The summed E-state index contributed by atoms with van der Waals surface area (Å²) in [5, 5.41) is 4.29. The van der Waals surface area contributed by atoms with Crippen molar-refractivity contribution in [2.75, 3.05) is 4.90 Å². The van der Waals surface area contributed by atoms with Crippen molar-refractivity contribution in [3.05, 3.63) is 52.9 Å². The number of amides is 1. The number of alkyl halides is 3. The Kier molecular flexibility index (Phi) is 5.92. The monoisotopic (exact) mass is 454 g/mol. The van der Waals surface area contributed by atoms with E-state index in [0.717, 1.165) is 22.7 Å². The summed E-state index contributed by atoms with van der Waals surface area (Å²) in [5.74, 6) is 0.0392. The highest BCUT2D eigenvalue weighted by Gasteiger charge is 2.33. The molecular weight excluding hydrogens is 433 g/mol. The highest BCUT2D eigenvalue weighted by Crippen LogP contribution is 2.37. The Balaban J connectivity index is 2.27. The molecule has 2 heterocycles. The number of fused-ring (bicyclic) bond motifs is 1. The van der Waals surface area contributed by atoms with E-state index in [2.05, 4.69) is 10.1 Å². The molecule has 1 aromatic carbocycles. The van der Waals surface area contributed by atoms with Crippen LogP contribution in [0.2, 0.25) is 5.15 Å². The minimum absolute atomic E-state index is 0.0392. The van der Waals surface area contributed by atoms with E-state index in [9.17, 15) is 18.0 Å². The summed E-state index contributed by atoms with van der Waals surface area (Å²) in [6.07, 6.45) is -3.87. The maximum atomic E-state index is 13.3. The number of hydrogen-bond acceptors (Lipinski definition) is 4. The fourth-order valence-corrected chi connectivity index (χ4v) is 3.15. The van der Waals surface area contributed by atoms with E-state index in [-0.39, 0.29) is 28.1 Å². The van der Waals surface area contributed by atoms with Gasteiger partial charge in [-0.15, -0.1) is 0 Å². The SMILES string of the molecule is CC(C)c1cnc2c(N(C(=O)OC(C)(C)C)c3cccc(C(F)(F)F)c3)cc(Cl)nn12. The van der Waals surface area contributed by atoms with Gasteiger partial charge in [0.05, 0.1) is 23.1 Å². The number of halogens is 4. The lowest BCUT2D eigenvalue weighted by atomic mass is 10.1. The zero-order valence-electron chi connectivity index (χ0n) is 17.7. The highest BCUT2D eigenvalue weighted by atomic mass is 35.5. The van der Waals surface area contributed by atoms with Gasteiger partial charge in [0.25, 0.3) is 0 Å². The van der Waals surface area contributed by atoms with Crippen molar-refractivity contribution in [2.24, 2.45) is 0 Å². The predicted molar refractivity (Wildman–Crippen MR) is 112 cm³/mol. The van der Waals surface area contributed by atoms with Crippen molar-refractivity contribution < 1.29 is 22.7 Å². The number of rotatable bonds is 3. The highest BCUT2D eigenvalue weighted by molar-refractivity contribution is 6.29. The number of imidazole rings is 1. The first kappa shape index (κ1) is 22.9. The van der Waals surface area contributed by atoms with Crippen LogP contribution in [0.25, 0.3) is 5.65 Å². The number of aromatic nitrogens is 3. The van der Waals surface area contributed by atoms with Gasteiger partial charge in [0.15, 0.2) is 10.8 Å². The fourth-order valence-electron chi connectivity index (χ4n) is 2.97. The Morgan fingerprint density at radius 2 is 1.87 bits per heavy atom. The lowest BCUT2D eigenvalue weighted by Crippen LogP contribution is -2.34. The quantitative estimate of drug-likeness (QED) is 0.447. The second kappa shape index (κ2) is 8.03. The molecule has 31 heavy (non-hydrogen) atoms. The molecule has 0 spiro atoms. The molecule has 6 nitrogen and oxygen atoms in total. The smallest absolute Gasteiger partial charge is 0.419 e. The Labute approximate surface area is 182 Å². The minimum Gasteiger partial charge on any atom is -0.443 e. The summed E-state index contributed by atoms with van der Waals surface area (Å²) < 4.78 is 47.0. The molecule has 0 N–H and O–H groups in total. The molecule has 0 bridgehead atoms. The largest absolute Gasteiger partial charge is 0.443 e. The normalized spacial score (nSPS) is 12.5. The van der Waals surface area contributed by atoms with Crippen LogP contribution in [-0.2, 0) is 10.9 Å². The Morgan fingerprint density at radius 1 is 1.19 bits per heavy atom. The second-order valence-electron chi connectivity index (χ2n) is 8.29. The van der Waals surface area contributed by atoms with Gasteiger partial charge in [-0.05, 0) is 44.9 Å². The molecule has 10 heteroatoms. The van der Waals surface area contributed by atoms with Crippen LogP contribution in [-0.4, -0.2) is 26.3 Å².